The van der Waals surface area contributed by atoms with Crippen molar-refractivity contribution in [3.8, 4) is 18.1 Å². The van der Waals surface area contributed by atoms with Crippen LogP contribution in [0.5, 0.6) is 5.75 Å². The van der Waals surface area contributed by atoms with Gasteiger partial charge < -0.3 is 25.4 Å². The number of amides is 3. The molecular weight excluding hydrogens is 554 g/mol. The second-order valence-electron chi connectivity index (χ2n) is 12.1. The van der Waals surface area contributed by atoms with Crippen LogP contribution < -0.4 is 10.6 Å². The van der Waals surface area contributed by atoms with Crippen molar-refractivity contribution in [3.05, 3.63) is 65.2 Å². The van der Waals surface area contributed by atoms with Crippen molar-refractivity contribution >= 4 is 17.9 Å². The highest BCUT2D eigenvalue weighted by molar-refractivity contribution is 5.92. The zero-order valence-corrected chi connectivity index (χ0v) is 27.2. The molecule has 0 heterocycles. The minimum atomic E-state index is -1.04. The predicted molar refractivity (Wildman–Crippen MR) is 175 cm³/mol. The first kappa shape index (κ1) is 36.2. The molecule has 0 fully saturated rings. The Kier molecular flexibility index (Phi) is 15.3. The van der Waals surface area contributed by atoms with Crippen molar-refractivity contribution in [2.75, 3.05) is 13.1 Å². The molecule has 2 aromatic carbocycles. The van der Waals surface area contributed by atoms with Crippen LogP contribution >= 0.6 is 0 Å². The molecular formula is C36H51N3O5. The Morgan fingerprint density at radius 2 is 1.57 bits per heavy atom. The van der Waals surface area contributed by atoms with Crippen molar-refractivity contribution < 1.29 is 24.2 Å². The average molecular weight is 606 g/mol. The van der Waals surface area contributed by atoms with Crippen LogP contribution in [-0.4, -0.2) is 52.6 Å². The van der Waals surface area contributed by atoms with E-state index in [1.165, 1.54) is 12.1 Å². The maximum Gasteiger partial charge on any atom is 0.408 e. The molecule has 3 amide bonds. The Balaban J connectivity index is 2.58. The monoisotopic (exact) mass is 605 g/mol. The second kappa shape index (κ2) is 18.6. The molecule has 2 unspecified atom stereocenters. The normalized spacial score (nSPS) is 12.5. The fourth-order valence-electron chi connectivity index (χ4n) is 4.97. The number of phenolic OH excluding ortho intramolecular Hbond substituents is 1. The average Bonchev–Trinajstić information content (AvgIpc) is 2.98. The minimum absolute atomic E-state index is 0.0936. The first-order valence-corrected chi connectivity index (χ1v) is 15.9. The number of nitrogens with one attached hydrogen (secondary N) is 2. The van der Waals surface area contributed by atoms with Gasteiger partial charge in [0.05, 0.1) is 0 Å². The lowest BCUT2D eigenvalue weighted by molar-refractivity contribution is -0.142. The van der Waals surface area contributed by atoms with Crippen LogP contribution in [0.2, 0.25) is 0 Å². The number of aromatic hydroxyl groups is 1. The van der Waals surface area contributed by atoms with Crippen molar-refractivity contribution in [2.45, 2.75) is 110 Å². The van der Waals surface area contributed by atoms with Crippen LogP contribution in [0, 0.1) is 12.3 Å². The molecule has 0 saturated heterocycles. The van der Waals surface area contributed by atoms with Gasteiger partial charge in [-0.15, -0.1) is 6.42 Å². The van der Waals surface area contributed by atoms with Gasteiger partial charge >= 0.3 is 6.09 Å². The third-order valence-corrected chi connectivity index (χ3v) is 7.20. The summed E-state index contributed by atoms with van der Waals surface area (Å²) < 4.78 is 5.52. The lowest BCUT2D eigenvalue weighted by Crippen LogP contribution is -2.54. The van der Waals surface area contributed by atoms with Gasteiger partial charge in [-0.25, -0.2) is 4.79 Å². The lowest BCUT2D eigenvalue weighted by atomic mass is 9.96. The summed E-state index contributed by atoms with van der Waals surface area (Å²) in [5, 5.41) is 15.6. The van der Waals surface area contributed by atoms with Crippen LogP contribution in [0.4, 0.5) is 4.79 Å². The van der Waals surface area contributed by atoms with Crippen LogP contribution in [0.1, 0.15) is 109 Å². The Morgan fingerprint density at radius 3 is 2.20 bits per heavy atom. The molecule has 44 heavy (non-hydrogen) atoms. The van der Waals surface area contributed by atoms with Gasteiger partial charge in [0.25, 0.3) is 0 Å². The lowest BCUT2D eigenvalue weighted by Gasteiger charge is -2.35. The molecule has 8 heteroatoms. The van der Waals surface area contributed by atoms with E-state index in [4.69, 9.17) is 11.2 Å². The Morgan fingerprint density at radius 1 is 0.932 bits per heavy atom. The summed E-state index contributed by atoms with van der Waals surface area (Å²) in [6.45, 7) is 10.3. The Labute approximate surface area is 263 Å². The van der Waals surface area contributed by atoms with Crippen LogP contribution in [0.25, 0.3) is 0 Å². The highest BCUT2D eigenvalue weighted by Crippen LogP contribution is 2.27. The van der Waals surface area contributed by atoms with Gasteiger partial charge in [0.2, 0.25) is 11.8 Å². The van der Waals surface area contributed by atoms with Gasteiger partial charge in [-0.1, -0.05) is 88.6 Å². The number of carbonyl (C=O) groups is 3. The molecule has 3 N–H and O–H groups in total. The SMILES string of the molecule is C#Cc1ccccc1C(C(=O)NCCCCC)N(CCCCCCC)C(=O)C(Cc1ccc(O)cc1)NC(=O)OC(C)(C)C. The molecule has 2 rings (SSSR count). The van der Waals surface area contributed by atoms with E-state index in [2.05, 4.69) is 30.4 Å². The summed E-state index contributed by atoms with van der Waals surface area (Å²) in [6.07, 6.45) is 12.8. The van der Waals surface area contributed by atoms with Gasteiger partial charge in [0.1, 0.15) is 23.4 Å². The number of benzene rings is 2. The zero-order valence-electron chi connectivity index (χ0n) is 27.2. The fraction of sp³-hybridized carbons (Fsp3) is 0.528. The molecule has 2 atom stereocenters. The van der Waals surface area contributed by atoms with E-state index < -0.39 is 29.7 Å². The minimum Gasteiger partial charge on any atom is -0.508 e. The number of carbonyl (C=O) groups excluding carboxylic acids is 3. The molecule has 0 saturated carbocycles. The third-order valence-electron chi connectivity index (χ3n) is 7.20. The fourth-order valence-corrected chi connectivity index (χ4v) is 4.97. The van der Waals surface area contributed by atoms with E-state index in [0.717, 1.165) is 50.5 Å². The Bertz CT molecular complexity index is 1230. The number of unbranched alkanes of at least 4 members (excludes halogenated alkanes) is 6. The summed E-state index contributed by atoms with van der Waals surface area (Å²) in [6, 6.07) is 11.6. The maximum absolute atomic E-state index is 14.6. The van der Waals surface area contributed by atoms with E-state index >= 15 is 0 Å². The number of phenols is 1. The number of hydrogen-bond acceptors (Lipinski definition) is 5. The highest BCUT2D eigenvalue weighted by atomic mass is 16.6. The van der Waals surface area contributed by atoms with Gasteiger partial charge in [0, 0.05) is 25.1 Å². The molecule has 0 aliphatic rings. The van der Waals surface area contributed by atoms with Crippen LogP contribution in [0.15, 0.2) is 48.5 Å². The van der Waals surface area contributed by atoms with Gasteiger partial charge in [0.15, 0.2) is 0 Å². The molecule has 0 spiro atoms. The number of ether oxygens (including phenoxy) is 1. The standard InChI is InChI=1S/C36H51N3O5/c1-7-10-12-13-17-25-39(32(33(41)37-24-16-11-8-2)30-19-15-14-18-28(30)9-3)34(42)31(38-35(43)44-36(4,5)6)26-27-20-22-29(40)23-21-27/h3,14-15,18-23,31-32,40H,7-8,10-13,16-17,24-26H2,1-2,4-6H3,(H,37,41)(H,38,43). The molecule has 240 valence electrons. The molecule has 2 aromatic rings. The summed E-state index contributed by atoms with van der Waals surface area (Å²) in [7, 11) is 0. The second-order valence-corrected chi connectivity index (χ2v) is 12.1. The molecule has 0 aliphatic heterocycles. The van der Waals surface area contributed by atoms with Gasteiger partial charge in [-0.05, 0) is 62.9 Å². The number of hydrogen-bond donors (Lipinski definition) is 3. The summed E-state index contributed by atoms with van der Waals surface area (Å²) in [4.78, 5) is 43.1. The van der Waals surface area contributed by atoms with Crippen LogP contribution in [-0.2, 0) is 20.7 Å². The van der Waals surface area contributed by atoms with Crippen molar-refractivity contribution in [1.29, 1.82) is 0 Å². The first-order valence-electron chi connectivity index (χ1n) is 15.9. The van der Waals surface area contributed by atoms with Crippen molar-refractivity contribution in [3.63, 3.8) is 0 Å². The zero-order chi connectivity index (χ0) is 32.5. The number of rotatable bonds is 17. The van der Waals surface area contributed by atoms with E-state index in [1.54, 1.807) is 49.9 Å². The molecule has 0 bridgehead atoms. The van der Waals surface area contributed by atoms with Crippen molar-refractivity contribution in [1.82, 2.24) is 15.5 Å². The van der Waals surface area contributed by atoms with Crippen LogP contribution in [0.3, 0.4) is 0 Å². The number of nitrogens with zero attached hydrogens (tertiary/aromatic N) is 1. The third kappa shape index (κ3) is 12.3. The maximum atomic E-state index is 14.6. The van der Waals surface area contributed by atoms with E-state index in [1.807, 2.05) is 12.1 Å². The predicted octanol–water partition coefficient (Wildman–Crippen LogP) is 6.66. The van der Waals surface area contributed by atoms with E-state index in [-0.39, 0.29) is 18.1 Å². The first-order chi connectivity index (χ1) is 21.0. The summed E-state index contributed by atoms with van der Waals surface area (Å²) in [5.74, 6) is 2.05. The molecule has 0 aromatic heterocycles. The quantitative estimate of drug-likeness (QED) is 0.138. The molecule has 0 radical (unpaired) electrons. The number of alkyl carbamates (subject to hydrolysis) is 1. The Hall–Kier alpha value is -3.99. The van der Waals surface area contributed by atoms with E-state index in [9.17, 15) is 19.5 Å². The number of terminal acetylenes is 1. The smallest absolute Gasteiger partial charge is 0.408 e. The van der Waals surface area contributed by atoms with Crippen molar-refractivity contribution in [2.24, 2.45) is 0 Å². The largest absolute Gasteiger partial charge is 0.508 e. The van der Waals surface area contributed by atoms with Gasteiger partial charge in [-0.2, -0.15) is 0 Å². The highest BCUT2D eigenvalue weighted by Gasteiger charge is 2.37. The van der Waals surface area contributed by atoms with Gasteiger partial charge in [-0.3, -0.25) is 9.59 Å². The topological polar surface area (TPSA) is 108 Å². The summed E-state index contributed by atoms with van der Waals surface area (Å²) in [5.41, 5.74) is 1.04. The molecule has 0 aliphatic carbocycles. The van der Waals surface area contributed by atoms with E-state index in [0.29, 0.717) is 30.6 Å². The summed E-state index contributed by atoms with van der Waals surface area (Å²) >= 11 is 0. The molecule has 8 nitrogen and oxygen atoms in total.